The van der Waals surface area contributed by atoms with Gasteiger partial charge in [-0.15, -0.1) is 0 Å². The molecule has 0 bridgehead atoms. The summed E-state index contributed by atoms with van der Waals surface area (Å²) in [6.45, 7) is 2.13. The third-order valence-electron chi connectivity index (χ3n) is 5.78. The predicted octanol–water partition coefficient (Wildman–Crippen LogP) is 3.45. The quantitative estimate of drug-likeness (QED) is 0.425. The first-order chi connectivity index (χ1) is 16.6. The standard InChI is InChI=1S/C24H24N6O4/c1-14-19(23(31)26-11-16-6-8-18(32-2)10-20(16)33-3)13-27-30(14)21-9-7-17(12-25-21)24-28-22(29-34-24)15-4-5-15/h6-10,12-13,15H,4-5,11H2,1-3H3,(H,26,31). The molecule has 1 aliphatic rings. The zero-order chi connectivity index (χ0) is 23.7. The average molecular weight is 460 g/mol. The van der Waals surface area contributed by atoms with Gasteiger partial charge in [0.25, 0.3) is 11.8 Å². The molecule has 1 N–H and O–H groups in total. The van der Waals surface area contributed by atoms with E-state index >= 15 is 0 Å². The molecule has 1 aliphatic carbocycles. The van der Waals surface area contributed by atoms with Gasteiger partial charge in [0.05, 0.1) is 37.2 Å². The van der Waals surface area contributed by atoms with Crippen molar-refractivity contribution >= 4 is 5.91 Å². The number of nitrogens with one attached hydrogen (secondary N) is 1. The van der Waals surface area contributed by atoms with Crippen molar-refractivity contribution in [2.24, 2.45) is 0 Å². The summed E-state index contributed by atoms with van der Waals surface area (Å²) in [5.41, 5.74) is 2.71. The number of nitrogens with zero attached hydrogens (tertiary/aromatic N) is 5. The van der Waals surface area contributed by atoms with Crippen LogP contribution in [-0.2, 0) is 6.54 Å². The van der Waals surface area contributed by atoms with Gasteiger partial charge in [-0.3, -0.25) is 4.79 Å². The minimum Gasteiger partial charge on any atom is -0.497 e. The monoisotopic (exact) mass is 460 g/mol. The second kappa shape index (κ2) is 8.97. The number of hydrogen-bond donors (Lipinski definition) is 1. The van der Waals surface area contributed by atoms with Crippen molar-refractivity contribution in [1.82, 2.24) is 30.2 Å². The second-order valence-electron chi connectivity index (χ2n) is 8.05. The van der Waals surface area contributed by atoms with E-state index in [0.29, 0.717) is 46.9 Å². The summed E-state index contributed by atoms with van der Waals surface area (Å²) in [7, 11) is 3.17. The maximum absolute atomic E-state index is 12.8. The maximum atomic E-state index is 12.8. The molecule has 174 valence electrons. The van der Waals surface area contributed by atoms with Gasteiger partial charge >= 0.3 is 0 Å². The fourth-order valence-electron chi connectivity index (χ4n) is 3.63. The van der Waals surface area contributed by atoms with E-state index < -0.39 is 0 Å². The molecule has 4 aromatic rings. The zero-order valence-corrected chi connectivity index (χ0v) is 19.1. The number of methoxy groups -OCH3 is 2. The second-order valence-corrected chi connectivity index (χ2v) is 8.05. The van der Waals surface area contributed by atoms with Crippen LogP contribution in [0.4, 0.5) is 0 Å². The SMILES string of the molecule is COc1ccc(CNC(=O)c2cnn(-c3ccc(-c4nc(C5CC5)no4)cn3)c2C)c(OC)c1. The first-order valence-corrected chi connectivity index (χ1v) is 10.9. The minimum absolute atomic E-state index is 0.239. The van der Waals surface area contributed by atoms with Gasteiger partial charge in [0.1, 0.15) is 11.5 Å². The summed E-state index contributed by atoms with van der Waals surface area (Å²) in [6, 6.07) is 9.12. The third-order valence-corrected chi connectivity index (χ3v) is 5.78. The van der Waals surface area contributed by atoms with E-state index in [2.05, 4.69) is 25.5 Å². The smallest absolute Gasteiger partial charge is 0.259 e. The summed E-state index contributed by atoms with van der Waals surface area (Å²) in [6.07, 6.45) is 5.42. The first kappa shape index (κ1) is 21.6. The number of hydrogen-bond acceptors (Lipinski definition) is 8. The maximum Gasteiger partial charge on any atom is 0.259 e. The number of carbonyl (C=O) groups excluding carboxylic acids is 1. The molecule has 3 heterocycles. The summed E-state index contributed by atoms with van der Waals surface area (Å²) in [5, 5.41) is 11.3. The number of carbonyl (C=O) groups is 1. The van der Waals surface area contributed by atoms with E-state index in [0.717, 1.165) is 29.8 Å². The number of pyridine rings is 1. The van der Waals surface area contributed by atoms with Gasteiger partial charge in [0, 0.05) is 30.3 Å². The third kappa shape index (κ3) is 4.21. The van der Waals surface area contributed by atoms with Gasteiger partial charge in [-0.2, -0.15) is 10.1 Å². The summed E-state index contributed by atoms with van der Waals surface area (Å²) in [5.74, 6) is 3.30. The molecule has 1 aromatic carbocycles. The molecule has 0 atom stereocenters. The summed E-state index contributed by atoms with van der Waals surface area (Å²) in [4.78, 5) is 21.8. The molecule has 0 spiro atoms. The molecular weight excluding hydrogens is 436 g/mol. The van der Waals surface area contributed by atoms with Gasteiger partial charge in [-0.05, 0) is 44.0 Å². The molecule has 0 radical (unpaired) electrons. The molecular formula is C24H24N6O4. The van der Waals surface area contributed by atoms with Crippen molar-refractivity contribution in [3.05, 3.63) is 65.4 Å². The Morgan fingerprint density at radius 1 is 1.18 bits per heavy atom. The Hall–Kier alpha value is -4.21. The van der Waals surface area contributed by atoms with Crippen LogP contribution in [0, 0.1) is 6.92 Å². The Labute approximate surface area is 195 Å². The van der Waals surface area contributed by atoms with Crippen LogP contribution >= 0.6 is 0 Å². The molecule has 3 aromatic heterocycles. The van der Waals surface area contributed by atoms with E-state index in [9.17, 15) is 4.79 Å². The Bertz CT molecular complexity index is 1320. The lowest BCUT2D eigenvalue weighted by Crippen LogP contribution is -2.23. The number of benzene rings is 1. The zero-order valence-electron chi connectivity index (χ0n) is 19.1. The van der Waals surface area contributed by atoms with Crippen LogP contribution in [0.3, 0.4) is 0 Å². The Morgan fingerprint density at radius 3 is 2.74 bits per heavy atom. The molecule has 0 unspecified atom stereocenters. The van der Waals surface area contributed by atoms with Crippen LogP contribution in [0.5, 0.6) is 11.5 Å². The summed E-state index contributed by atoms with van der Waals surface area (Å²) < 4.78 is 17.6. The van der Waals surface area contributed by atoms with Crippen molar-refractivity contribution in [2.75, 3.05) is 14.2 Å². The van der Waals surface area contributed by atoms with E-state index in [1.807, 2.05) is 25.1 Å². The van der Waals surface area contributed by atoms with Gasteiger partial charge in [0.2, 0.25) is 0 Å². The van der Waals surface area contributed by atoms with E-state index in [-0.39, 0.29) is 5.91 Å². The Kier molecular flexibility index (Phi) is 5.70. The molecule has 5 rings (SSSR count). The molecule has 0 aliphatic heterocycles. The molecule has 1 fully saturated rings. The van der Waals surface area contributed by atoms with E-state index in [1.54, 1.807) is 37.2 Å². The highest BCUT2D eigenvalue weighted by atomic mass is 16.5. The van der Waals surface area contributed by atoms with Gasteiger partial charge in [-0.1, -0.05) is 5.16 Å². The number of rotatable bonds is 8. The average Bonchev–Trinajstić information content (AvgIpc) is 3.47. The van der Waals surface area contributed by atoms with Crippen LogP contribution in [0.15, 0.2) is 47.2 Å². The highest BCUT2D eigenvalue weighted by Gasteiger charge is 2.29. The van der Waals surface area contributed by atoms with Crippen LogP contribution in [-0.4, -0.2) is 45.0 Å². The molecule has 34 heavy (non-hydrogen) atoms. The lowest BCUT2D eigenvalue weighted by atomic mass is 10.1. The van der Waals surface area contributed by atoms with Crippen molar-refractivity contribution in [3.63, 3.8) is 0 Å². The highest BCUT2D eigenvalue weighted by Crippen LogP contribution is 2.38. The van der Waals surface area contributed by atoms with Crippen LogP contribution in [0.25, 0.3) is 17.3 Å². The predicted molar refractivity (Wildman–Crippen MR) is 122 cm³/mol. The topological polar surface area (TPSA) is 117 Å². The van der Waals surface area contributed by atoms with Gasteiger partial charge < -0.3 is 19.3 Å². The molecule has 1 amide bonds. The summed E-state index contributed by atoms with van der Waals surface area (Å²) >= 11 is 0. The van der Waals surface area contributed by atoms with Crippen molar-refractivity contribution in [3.8, 4) is 28.8 Å². The Balaban J connectivity index is 1.28. The number of aromatic nitrogens is 5. The first-order valence-electron chi connectivity index (χ1n) is 10.9. The van der Waals surface area contributed by atoms with E-state index in [1.165, 1.54) is 6.20 Å². The van der Waals surface area contributed by atoms with Crippen molar-refractivity contribution in [1.29, 1.82) is 0 Å². The van der Waals surface area contributed by atoms with Gasteiger partial charge in [-0.25, -0.2) is 9.67 Å². The Morgan fingerprint density at radius 2 is 2.03 bits per heavy atom. The minimum atomic E-state index is -0.239. The lowest BCUT2D eigenvalue weighted by molar-refractivity contribution is 0.0950. The van der Waals surface area contributed by atoms with Crippen LogP contribution in [0.1, 0.15) is 46.2 Å². The fourth-order valence-corrected chi connectivity index (χ4v) is 3.63. The molecule has 10 nitrogen and oxygen atoms in total. The molecule has 10 heteroatoms. The molecule has 0 saturated heterocycles. The largest absolute Gasteiger partial charge is 0.497 e. The lowest BCUT2D eigenvalue weighted by Gasteiger charge is -2.11. The van der Waals surface area contributed by atoms with Crippen LogP contribution in [0.2, 0.25) is 0 Å². The van der Waals surface area contributed by atoms with E-state index in [4.69, 9.17) is 14.0 Å². The highest BCUT2D eigenvalue weighted by molar-refractivity contribution is 5.95. The fraction of sp³-hybridized carbons (Fsp3) is 0.292. The normalized spacial score (nSPS) is 13.0. The van der Waals surface area contributed by atoms with Crippen molar-refractivity contribution < 1.29 is 18.8 Å². The number of amides is 1. The van der Waals surface area contributed by atoms with Crippen LogP contribution < -0.4 is 14.8 Å². The number of ether oxygens (including phenoxy) is 2. The van der Waals surface area contributed by atoms with Crippen molar-refractivity contribution in [2.45, 2.75) is 32.2 Å². The molecule has 1 saturated carbocycles. The van der Waals surface area contributed by atoms with Gasteiger partial charge in [0.15, 0.2) is 11.6 Å².